The maximum atomic E-state index is 11.1. The SMILES string of the molecule is COc1ccc(CN2CCC(C(=O)O)C(C)C2)cn1. The topological polar surface area (TPSA) is 62.7 Å². The number of methoxy groups -OCH3 is 1. The van der Waals surface area contributed by atoms with Gasteiger partial charge in [0.25, 0.3) is 0 Å². The van der Waals surface area contributed by atoms with Crippen LogP contribution in [0.3, 0.4) is 0 Å². The van der Waals surface area contributed by atoms with E-state index in [1.54, 1.807) is 7.11 Å². The molecule has 1 aliphatic rings. The minimum atomic E-state index is -0.668. The monoisotopic (exact) mass is 264 g/mol. The van der Waals surface area contributed by atoms with Crippen molar-refractivity contribution in [2.45, 2.75) is 19.9 Å². The number of nitrogens with zero attached hydrogens (tertiary/aromatic N) is 2. The summed E-state index contributed by atoms with van der Waals surface area (Å²) in [6.45, 7) is 4.47. The highest BCUT2D eigenvalue weighted by Gasteiger charge is 2.30. The second-order valence-electron chi connectivity index (χ2n) is 5.15. The Morgan fingerprint density at radius 1 is 1.58 bits per heavy atom. The number of carbonyl (C=O) groups is 1. The fourth-order valence-electron chi connectivity index (χ4n) is 2.63. The third-order valence-electron chi connectivity index (χ3n) is 3.72. The van der Waals surface area contributed by atoms with Gasteiger partial charge in [-0.05, 0) is 24.4 Å². The first kappa shape index (κ1) is 13.8. The summed E-state index contributed by atoms with van der Waals surface area (Å²) in [5.74, 6) is -0.0670. The maximum Gasteiger partial charge on any atom is 0.306 e. The van der Waals surface area contributed by atoms with Crippen LogP contribution in [0.5, 0.6) is 5.88 Å². The molecular formula is C14H20N2O3. The summed E-state index contributed by atoms with van der Waals surface area (Å²) in [6.07, 6.45) is 2.53. The van der Waals surface area contributed by atoms with Crippen molar-refractivity contribution in [3.05, 3.63) is 23.9 Å². The standard InChI is InChI=1S/C14H20N2O3/c1-10-8-16(6-5-12(10)14(17)18)9-11-3-4-13(19-2)15-7-11/h3-4,7,10,12H,5-6,8-9H2,1-2H3,(H,17,18). The Hall–Kier alpha value is -1.62. The molecule has 1 saturated heterocycles. The highest BCUT2D eigenvalue weighted by molar-refractivity contribution is 5.70. The molecule has 19 heavy (non-hydrogen) atoms. The normalized spacial score (nSPS) is 24.1. The molecule has 2 unspecified atom stereocenters. The molecule has 0 spiro atoms. The third-order valence-corrected chi connectivity index (χ3v) is 3.72. The van der Waals surface area contributed by atoms with E-state index in [0.29, 0.717) is 5.88 Å². The molecule has 1 aliphatic heterocycles. The first-order valence-corrected chi connectivity index (χ1v) is 6.54. The minimum Gasteiger partial charge on any atom is -0.481 e. The Morgan fingerprint density at radius 2 is 2.37 bits per heavy atom. The average molecular weight is 264 g/mol. The molecule has 1 aromatic heterocycles. The first-order valence-electron chi connectivity index (χ1n) is 6.54. The van der Waals surface area contributed by atoms with Gasteiger partial charge in [0.1, 0.15) is 0 Å². The van der Waals surface area contributed by atoms with E-state index in [1.807, 2.05) is 25.3 Å². The predicted molar refractivity (Wildman–Crippen MR) is 71.0 cm³/mol. The molecule has 2 heterocycles. The van der Waals surface area contributed by atoms with Crippen molar-refractivity contribution in [1.82, 2.24) is 9.88 Å². The summed E-state index contributed by atoms with van der Waals surface area (Å²) in [5.41, 5.74) is 1.13. The summed E-state index contributed by atoms with van der Waals surface area (Å²) < 4.78 is 5.03. The van der Waals surface area contributed by atoms with E-state index in [-0.39, 0.29) is 11.8 Å². The second kappa shape index (κ2) is 6.02. The zero-order valence-electron chi connectivity index (χ0n) is 11.4. The van der Waals surface area contributed by atoms with Gasteiger partial charge >= 0.3 is 5.97 Å². The van der Waals surface area contributed by atoms with Crippen molar-refractivity contribution in [3.8, 4) is 5.88 Å². The van der Waals surface area contributed by atoms with Gasteiger partial charge in [-0.15, -0.1) is 0 Å². The first-order chi connectivity index (χ1) is 9.10. The van der Waals surface area contributed by atoms with Crippen molar-refractivity contribution in [3.63, 3.8) is 0 Å². The quantitative estimate of drug-likeness (QED) is 0.895. The average Bonchev–Trinajstić information content (AvgIpc) is 2.39. The number of piperidine rings is 1. The van der Waals surface area contributed by atoms with Gasteiger partial charge in [0, 0.05) is 25.4 Å². The maximum absolute atomic E-state index is 11.1. The lowest BCUT2D eigenvalue weighted by Crippen LogP contribution is -2.41. The lowest BCUT2D eigenvalue weighted by molar-refractivity contribution is -0.145. The summed E-state index contributed by atoms with van der Waals surface area (Å²) in [5, 5.41) is 9.10. The molecule has 104 valence electrons. The lowest BCUT2D eigenvalue weighted by atomic mass is 9.87. The van der Waals surface area contributed by atoms with E-state index >= 15 is 0 Å². The summed E-state index contributed by atoms with van der Waals surface area (Å²) in [4.78, 5) is 17.5. The van der Waals surface area contributed by atoms with E-state index < -0.39 is 5.97 Å². The van der Waals surface area contributed by atoms with E-state index in [0.717, 1.165) is 31.6 Å². The van der Waals surface area contributed by atoms with E-state index in [9.17, 15) is 4.79 Å². The van der Waals surface area contributed by atoms with Crippen LogP contribution in [0.15, 0.2) is 18.3 Å². The molecule has 0 aliphatic carbocycles. The molecule has 1 N–H and O–H groups in total. The summed E-state index contributed by atoms with van der Waals surface area (Å²) in [6, 6.07) is 3.85. The van der Waals surface area contributed by atoms with E-state index in [2.05, 4.69) is 9.88 Å². The molecule has 5 nitrogen and oxygen atoms in total. The Kier molecular flexibility index (Phi) is 4.37. The smallest absolute Gasteiger partial charge is 0.306 e. The molecule has 0 aromatic carbocycles. The fraction of sp³-hybridized carbons (Fsp3) is 0.571. The van der Waals surface area contributed by atoms with Crippen LogP contribution in [0.4, 0.5) is 0 Å². The number of hydrogen-bond donors (Lipinski definition) is 1. The van der Waals surface area contributed by atoms with Crippen molar-refractivity contribution in [2.75, 3.05) is 20.2 Å². The minimum absolute atomic E-state index is 0.192. The van der Waals surface area contributed by atoms with E-state index in [1.165, 1.54) is 0 Å². The number of aliphatic carboxylic acids is 1. The molecule has 0 amide bonds. The van der Waals surface area contributed by atoms with Gasteiger partial charge in [-0.3, -0.25) is 9.69 Å². The Labute approximate surface area is 113 Å². The van der Waals surface area contributed by atoms with Gasteiger partial charge in [-0.2, -0.15) is 0 Å². The Morgan fingerprint density at radius 3 is 2.89 bits per heavy atom. The van der Waals surface area contributed by atoms with Gasteiger partial charge in [0.2, 0.25) is 5.88 Å². The lowest BCUT2D eigenvalue weighted by Gasteiger charge is -2.34. The zero-order chi connectivity index (χ0) is 13.8. The van der Waals surface area contributed by atoms with Crippen LogP contribution in [0.2, 0.25) is 0 Å². The van der Waals surface area contributed by atoms with Gasteiger partial charge in [0.15, 0.2) is 0 Å². The number of rotatable bonds is 4. The van der Waals surface area contributed by atoms with Gasteiger partial charge in [0.05, 0.1) is 13.0 Å². The van der Waals surface area contributed by atoms with Crippen LogP contribution >= 0.6 is 0 Å². The Bertz CT molecular complexity index is 433. The van der Waals surface area contributed by atoms with Crippen LogP contribution in [-0.2, 0) is 11.3 Å². The molecular weight excluding hydrogens is 244 g/mol. The van der Waals surface area contributed by atoms with Crippen LogP contribution < -0.4 is 4.74 Å². The largest absolute Gasteiger partial charge is 0.481 e. The van der Waals surface area contributed by atoms with Crippen LogP contribution in [0.1, 0.15) is 18.9 Å². The number of pyridine rings is 1. The fourth-order valence-corrected chi connectivity index (χ4v) is 2.63. The molecule has 1 fully saturated rings. The molecule has 1 aromatic rings. The summed E-state index contributed by atoms with van der Waals surface area (Å²) in [7, 11) is 1.60. The predicted octanol–water partition coefficient (Wildman–Crippen LogP) is 1.63. The number of carboxylic acid groups (broad SMARTS) is 1. The number of ether oxygens (including phenoxy) is 1. The van der Waals surface area contributed by atoms with Crippen LogP contribution in [-0.4, -0.2) is 41.2 Å². The number of aromatic nitrogens is 1. The number of likely N-dealkylation sites (tertiary alicyclic amines) is 1. The molecule has 0 bridgehead atoms. The van der Waals surface area contributed by atoms with Gasteiger partial charge < -0.3 is 9.84 Å². The third kappa shape index (κ3) is 3.44. The van der Waals surface area contributed by atoms with Gasteiger partial charge in [-0.25, -0.2) is 4.98 Å². The second-order valence-corrected chi connectivity index (χ2v) is 5.15. The van der Waals surface area contributed by atoms with Gasteiger partial charge in [-0.1, -0.05) is 13.0 Å². The van der Waals surface area contributed by atoms with Crippen molar-refractivity contribution >= 4 is 5.97 Å². The van der Waals surface area contributed by atoms with Crippen LogP contribution in [0.25, 0.3) is 0 Å². The highest BCUT2D eigenvalue weighted by Crippen LogP contribution is 2.24. The Balaban J connectivity index is 1.92. The zero-order valence-corrected chi connectivity index (χ0v) is 11.4. The van der Waals surface area contributed by atoms with Crippen molar-refractivity contribution in [2.24, 2.45) is 11.8 Å². The van der Waals surface area contributed by atoms with Crippen molar-refractivity contribution in [1.29, 1.82) is 0 Å². The number of hydrogen-bond acceptors (Lipinski definition) is 4. The summed E-state index contributed by atoms with van der Waals surface area (Å²) >= 11 is 0. The molecule has 2 atom stereocenters. The van der Waals surface area contributed by atoms with Crippen molar-refractivity contribution < 1.29 is 14.6 Å². The van der Waals surface area contributed by atoms with E-state index in [4.69, 9.17) is 9.84 Å². The molecule has 5 heteroatoms. The molecule has 0 radical (unpaired) electrons. The molecule has 0 saturated carbocycles. The van der Waals surface area contributed by atoms with Crippen LogP contribution in [0, 0.1) is 11.8 Å². The molecule has 2 rings (SSSR count). The number of carboxylic acids is 1. The highest BCUT2D eigenvalue weighted by atomic mass is 16.5.